The molecule has 0 bridgehead atoms. The Morgan fingerprint density at radius 3 is 2.79 bits per heavy atom. The molecule has 24 heavy (non-hydrogen) atoms. The van der Waals surface area contributed by atoms with Crippen molar-refractivity contribution < 1.29 is 0 Å². The number of aryl methyl sites for hydroxylation is 1. The first-order valence-corrected chi connectivity index (χ1v) is 9.34. The molecule has 1 unspecified atom stereocenters. The minimum absolute atomic E-state index is 0.419. The van der Waals surface area contributed by atoms with E-state index in [2.05, 4.69) is 43.1 Å². The zero-order valence-electron chi connectivity index (χ0n) is 14.4. The van der Waals surface area contributed by atoms with E-state index in [4.69, 9.17) is 0 Å². The number of nitrogens with one attached hydrogen (secondary N) is 2. The van der Waals surface area contributed by atoms with Gasteiger partial charge in [0.2, 0.25) is 0 Å². The van der Waals surface area contributed by atoms with Crippen LogP contribution in [0.4, 0.5) is 0 Å². The summed E-state index contributed by atoms with van der Waals surface area (Å²) in [6.45, 7) is 3.95. The molecule has 0 radical (unpaired) electrons. The van der Waals surface area contributed by atoms with Gasteiger partial charge in [0.05, 0.1) is 18.3 Å². The molecule has 1 saturated heterocycles. The van der Waals surface area contributed by atoms with Crippen LogP contribution in [0.1, 0.15) is 29.5 Å². The Balaban J connectivity index is 1.57. The van der Waals surface area contributed by atoms with E-state index in [1.54, 1.807) is 0 Å². The third kappa shape index (κ3) is 4.15. The van der Waals surface area contributed by atoms with Crippen molar-refractivity contribution in [3.05, 3.63) is 40.3 Å². The largest absolute Gasteiger partial charge is 0.354 e. The highest BCUT2D eigenvalue weighted by Crippen LogP contribution is 2.27. The van der Waals surface area contributed by atoms with Crippen LogP contribution in [0, 0.1) is 0 Å². The summed E-state index contributed by atoms with van der Waals surface area (Å²) < 4.78 is 1.87. The van der Waals surface area contributed by atoms with Gasteiger partial charge in [0, 0.05) is 31.7 Å². The van der Waals surface area contributed by atoms with Gasteiger partial charge in [-0.1, -0.05) is 6.07 Å². The monoisotopic (exact) mass is 346 g/mol. The number of thiophene rings is 1. The maximum atomic E-state index is 4.35. The molecule has 1 atom stereocenters. The summed E-state index contributed by atoms with van der Waals surface area (Å²) in [6.07, 6.45) is 4.41. The summed E-state index contributed by atoms with van der Waals surface area (Å²) in [7, 11) is 3.77. The predicted octanol–water partition coefficient (Wildman–Crippen LogP) is 1.98. The molecule has 2 aromatic heterocycles. The second-order valence-electron chi connectivity index (χ2n) is 6.03. The van der Waals surface area contributed by atoms with Crippen LogP contribution >= 0.6 is 11.3 Å². The molecule has 2 aromatic rings. The van der Waals surface area contributed by atoms with Gasteiger partial charge in [-0.05, 0) is 43.4 Å². The lowest BCUT2D eigenvalue weighted by atomic mass is 10.2. The van der Waals surface area contributed by atoms with Crippen LogP contribution in [0.25, 0.3) is 0 Å². The van der Waals surface area contributed by atoms with Crippen LogP contribution in [0.5, 0.6) is 0 Å². The van der Waals surface area contributed by atoms with Crippen LogP contribution in [-0.2, 0) is 13.6 Å². The molecular weight excluding hydrogens is 320 g/mol. The number of guanidine groups is 1. The van der Waals surface area contributed by atoms with Crippen LogP contribution in [0.2, 0.25) is 0 Å². The Morgan fingerprint density at radius 1 is 1.33 bits per heavy atom. The molecule has 1 aliphatic heterocycles. The third-order valence-electron chi connectivity index (χ3n) is 4.50. The highest BCUT2D eigenvalue weighted by atomic mass is 32.1. The fourth-order valence-electron chi connectivity index (χ4n) is 3.11. The molecule has 2 N–H and O–H groups in total. The third-order valence-corrected chi connectivity index (χ3v) is 5.47. The van der Waals surface area contributed by atoms with E-state index in [1.165, 1.54) is 30.8 Å². The Labute approximate surface area is 147 Å². The first-order valence-electron chi connectivity index (χ1n) is 8.47. The fourth-order valence-corrected chi connectivity index (χ4v) is 3.97. The SMILES string of the molecule is CN=C(NCc1ccnn1C)NCC(c1cccs1)N1CCCC1. The maximum absolute atomic E-state index is 4.35. The molecule has 1 aliphatic rings. The standard InChI is InChI=1S/C17H26N6S/c1-18-17(19-12-14-7-8-21-22(14)2)20-13-15(16-6-5-11-24-16)23-9-3-4-10-23/h5-8,11,15H,3-4,9-10,12-13H2,1-2H3,(H2,18,19,20). The van der Waals surface area contributed by atoms with E-state index in [9.17, 15) is 0 Å². The molecule has 0 saturated carbocycles. The predicted molar refractivity (Wildman–Crippen MR) is 99.3 cm³/mol. The second kappa shape index (κ2) is 8.30. The number of nitrogens with zero attached hydrogens (tertiary/aromatic N) is 4. The summed E-state index contributed by atoms with van der Waals surface area (Å²) >= 11 is 1.84. The molecule has 0 aliphatic carbocycles. The van der Waals surface area contributed by atoms with Gasteiger partial charge < -0.3 is 10.6 Å². The van der Waals surface area contributed by atoms with Crippen molar-refractivity contribution in [1.82, 2.24) is 25.3 Å². The number of likely N-dealkylation sites (tertiary alicyclic amines) is 1. The Morgan fingerprint density at radius 2 is 2.17 bits per heavy atom. The van der Waals surface area contributed by atoms with Gasteiger partial charge in [-0.25, -0.2) is 0 Å². The average Bonchev–Trinajstić information content (AvgIpc) is 3.34. The Kier molecular flexibility index (Phi) is 5.87. The molecule has 7 heteroatoms. The molecule has 3 rings (SSSR count). The van der Waals surface area contributed by atoms with Crippen molar-refractivity contribution in [3.63, 3.8) is 0 Å². The van der Waals surface area contributed by atoms with Crippen molar-refractivity contribution in [2.24, 2.45) is 12.0 Å². The lowest BCUT2D eigenvalue weighted by Gasteiger charge is -2.27. The van der Waals surface area contributed by atoms with E-state index in [-0.39, 0.29) is 0 Å². The van der Waals surface area contributed by atoms with Crippen molar-refractivity contribution in [1.29, 1.82) is 0 Å². The van der Waals surface area contributed by atoms with E-state index < -0.39 is 0 Å². The van der Waals surface area contributed by atoms with Crippen LogP contribution in [0.15, 0.2) is 34.8 Å². The zero-order chi connectivity index (χ0) is 16.8. The summed E-state index contributed by atoms with van der Waals surface area (Å²) in [4.78, 5) is 8.35. The number of aromatic nitrogens is 2. The number of aliphatic imine (C=N–C) groups is 1. The molecule has 3 heterocycles. The van der Waals surface area contributed by atoms with Gasteiger partial charge in [0.25, 0.3) is 0 Å². The lowest BCUT2D eigenvalue weighted by Crippen LogP contribution is -2.42. The van der Waals surface area contributed by atoms with E-state index >= 15 is 0 Å². The van der Waals surface area contributed by atoms with Crippen molar-refractivity contribution in [2.45, 2.75) is 25.4 Å². The molecule has 130 valence electrons. The van der Waals surface area contributed by atoms with Crippen LogP contribution in [0.3, 0.4) is 0 Å². The number of hydrogen-bond donors (Lipinski definition) is 2. The maximum Gasteiger partial charge on any atom is 0.191 e. The number of hydrogen-bond acceptors (Lipinski definition) is 4. The first kappa shape index (κ1) is 17.0. The summed E-state index contributed by atoms with van der Waals surface area (Å²) in [5.74, 6) is 0.831. The zero-order valence-corrected chi connectivity index (χ0v) is 15.2. The second-order valence-corrected chi connectivity index (χ2v) is 7.01. The van der Waals surface area contributed by atoms with Gasteiger partial charge in [-0.15, -0.1) is 11.3 Å². The molecule has 0 spiro atoms. The van der Waals surface area contributed by atoms with Crippen molar-refractivity contribution in [3.8, 4) is 0 Å². The van der Waals surface area contributed by atoms with Gasteiger partial charge in [0.15, 0.2) is 5.96 Å². The first-order chi connectivity index (χ1) is 11.8. The Hall–Kier alpha value is -1.86. The molecule has 0 amide bonds. The quantitative estimate of drug-likeness (QED) is 0.620. The van der Waals surface area contributed by atoms with E-state index in [1.807, 2.05) is 42.4 Å². The normalized spacial score (nSPS) is 17.2. The van der Waals surface area contributed by atoms with E-state index in [0.29, 0.717) is 12.6 Å². The average molecular weight is 347 g/mol. The van der Waals surface area contributed by atoms with Crippen LogP contribution < -0.4 is 10.6 Å². The molecule has 0 aromatic carbocycles. The summed E-state index contributed by atoms with van der Waals surface area (Å²) in [5.41, 5.74) is 1.13. The van der Waals surface area contributed by atoms with E-state index in [0.717, 1.165) is 18.2 Å². The van der Waals surface area contributed by atoms with Crippen molar-refractivity contribution in [2.75, 3.05) is 26.7 Å². The minimum Gasteiger partial charge on any atom is -0.354 e. The van der Waals surface area contributed by atoms with Gasteiger partial charge in [-0.2, -0.15) is 5.10 Å². The summed E-state index contributed by atoms with van der Waals surface area (Å²) in [6, 6.07) is 6.81. The lowest BCUT2D eigenvalue weighted by molar-refractivity contribution is 0.249. The molecule has 6 nitrogen and oxygen atoms in total. The summed E-state index contributed by atoms with van der Waals surface area (Å²) in [5, 5.41) is 13.2. The van der Waals surface area contributed by atoms with Crippen molar-refractivity contribution >= 4 is 17.3 Å². The smallest absolute Gasteiger partial charge is 0.191 e. The highest BCUT2D eigenvalue weighted by Gasteiger charge is 2.24. The topological polar surface area (TPSA) is 57.5 Å². The fraction of sp³-hybridized carbons (Fsp3) is 0.529. The molecular formula is C17H26N6S. The van der Waals surface area contributed by atoms with Gasteiger partial charge in [0.1, 0.15) is 0 Å². The van der Waals surface area contributed by atoms with Gasteiger partial charge >= 0.3 is 0 Å². The number of rotatable bonds is 6. The van der Waals surface area contributed by atoms with Crippen LogP contribution in [-0.4, -0.2) is 47.3 Å². The highest BCUT2D eigenvalue weighted by molar-refractivity contribution is 7.10. The van der Waals surface area contributed by atoms with Gasteiger partial charge in [-0.3, -0.25) is 14.6 Å². The molecule has 1 fully saturated rings. The Bertz CT molecular complexity index is 642. The minimum atomic E-state index is 0.419.